The molecule has 0 aliphatic heterocycles. The van der Waals surface area contributed by atoms with Gasteiger partial charge in [-0.25, -0.2) is 0 Å². The summed E-state index contributed by atoms with van der Waals surface area (Å²) in [6.07, 6.45) is -0.350. The molecular weight excluding hydrogens is 207 g/mol. The molecule has 1 unspecified atom stereocenters. The van der Waals surface area contributed by atoms with Crippen LogP contribution >= 0.6 is 11.6 Å². The van der Waals surface area contributed by atoms with E-state index in [-0.39, 0.29) is 35.7 Å². The zero-order valence-electron chi connectivity index (χ0n) is 5.23. The van der Waals surface area contributed by atoms with Gasteiger partial charge in [0.15, 0.2) is 0 Å². The van der Waals surface area contributed by atoms with Gasteiger partial charge in [0.2, 0.25) is 0 Å². The fraction of sp³-hybridized carbons (Fsp3) is 1.00. The molecule has 11 heavy (non-hydrogen) atoms. The second kappa shape index (κ2) is 9.21. The monoisotopic (exact) mass is 216 g/mol. The third-order valence-electron chi connectivity index (χ3n) is 0.223. The van der Waals surface area contributed by atoms with Crippen LogP contribution in [0.5, 0.6) is 0 Å². The van der Waals surface area contributed by atoms with Crippen molar-refractivity contribution in [2.75, 3.05) is 5.88 Å². The Labute approximate surface area is 92.6 Å². The van der Waals surface area contributed by atoms with Crippen LogP contribution in [0.3, 0.4) is 0 Å². The van der Waals surface area contributed by atoms with Gasteiger partial charge in [-0.05, 0) is 6.92 Å². The van der Waals surface area contributed by atoms with Crippen molar-refractivity contribution in [1.82, 2.24) is 0 Å². The number of hydrogen-bond acceptors (Lipinski definition) is 3. The van der Waals surface area contributed by atoms with E-state index < -0.39 is 10.4 Å². The first-order valence-electron chi connectivity index (χ1n) is 2.21. The Morgan fingerprint density at radius 1 is 1.45 bits per heavy atom. The Kier molecular flexibility index (Phi) is 15.1. The van der Waals surface area contributed by atoms with Crippen LogP contribution in [-0.4, -0.2) is 64.2 Å². The van der Waals surface area contributed by atoms with E-state index in [1.807, 2.05) is 0 Å². The first-order chi connectivity index (χ1) is 4.27. The molecule has 1 atom stereocenters. The van der Waals surface area contributed by atoms with E-state index in [2.05, 4.69) is 0 Å². The van der Waals surface area contributed by atoms with Crippen LogP contribution in [0.4, 0.5) is 0 Å². The molecule has 66 valence electrons. The maximum absolute atomic E-state index is 8.74. The van der Waals surface area contributed by atoms with Gasteiger partial charge in [-0.15, -0.1) is 11.6 Å². The molecule has 0 spiro atoms. The number of alkyl halides is 1. The molecule has 0 bridgehead atoms. The summed E-state index contributed by atoms with van der Waals surface area (Å²) in [5.74, 6) is 0.333. The molecular formula is C3H10ClNaO5S. The molecule has 0 aromatic heterocycles. The fourth-order valence-electron chi connectivity index (χ4n) is 0. The van der Waals surface area contributed by atoms with Crippen LogP contribution in [-0.2, 0) is 10.4 Å². The molecule has 0 saturated heterocycles. The van der Waals surface area contributed by atoms with Crippen molar-refractivity contribution >= 4 is 51.6 Å². The summed E-state index contributed by atoms with van der Waals surface area (Å²) in [5, 5.41) is 8.23. The number of aliphatic hydroxyl groups excluding tert-OH is 1. The van der Waals surface area contributed by atoms with E-state index >= 15 is 0 Å². The summed E-state index contributed by atoms with van der Waals surface area (Å²) < 4.78 is 31.6. The van der Waals surface area contributed by atoms with E-state index in [9.17, 15) is 0 Å². The normalized spacial score (nSPS) is 12.1. The Bertz CT molecular complexity index is 147. The molecule has 8 heteroatoms. The number of rotatable bonds is 1. The van der Waals surface area contributed by atoms with Gasteiger partial charge in [0.05, 0.1) is 6.10 Å². The fourth-order valence-corrected chi connectivity index (χ4v) is 0. The summed E-state index contributed by atoms with van der Waals surface area (Å²) >= 11 is 5.09. The first kappa shape index (κ1) is 18.0. The minimum atomic E-state index is -4.67. The zero-order chi connectivity index (χ0) is 8.78. The molecule has 0 aromatic carbocycles. The molecule has 0 amide bonds. The molecule has 0 aliphatic carbocycles. The third kappa shape index (κ3) is 95.0. The SMILES string of the molecule is CC(O)CCl.O=S(=O)(O)O.[NaH]. The van der Waals surface area contributed by atoms with Gasteiger partial charge in [-0.2, -0.15) is 8.42 Å². The van der Waals surface area contributed by atoms with Crippen molar-refractivity contribution in [1.29, 1.82) is 0 Å². The predicted octanol–water partition coefficient (Wildman–Crippen LogP) is -0.695. The second-order valence-electron chi connectivity index (χ2n) is 1.45. The van der Waals surface area contributed by atoms with Crippen LogP contribution in [0.25, 0.3) is 0 Å². The average molecular weight is 217 g/mol. The van der Waals surface area contributed by atoms with Crippen LogP contribution in [0.15, 0.2) is 0 Å². The maximum atomic E-state index is 8.74. The quantitative estimate of drug-likeness (QED) is 0.306. The van der Waals surface area contributed by atoms with E-state index in [0.29, 0.717) is 5.88 Å². The van der Waals surface area contributed by atoms with Crippen molar-refractivity contribution in [3.8, 4) is 0 Å². The topological polar surface area (TPSA) is 94.8 Å². The zero-order valence-corrected chi connectivity index (χ0v) is 6.80. The van der Waals surface area contributed by atoms with Gasteiger partial charge in [0, 0.05) is 5.88 Å². The summed E-state index contributed by atoms with van der Waals surface area (Å²) in [7, 11) is -4.67. The summed E-state index contributed by atoms with van der Waals surface area (Å²) in [6, 6.07) is 0. The van der Waals surface area contributed by atoms with Crippen molar-refractivity contribution in [2.45, 2.75) is 13.0 Å². The molecule has 0 heterocycles. The third-order valence-corrected chi connectivity index (χ3v) is 0.670. The molecule has 0 aliphatic rings. The molecule has 3 N–H and O–H groups in total. The van der Waals surface area contributed by atoms with Gasteiger partial charge < -0.3 is 5.11 Å². The molecule has 0 saturated carbocycles. The summed E-state index contributed by atoms with van der Waals surface area (Å²) in [5.41, 5.74) is 0. The van der Waals surface area contributed by atoms with E-state index in [1.54, 1.807) is 6.92 Å². The summed E-state index contributed by atoms with van der Waals surface area (Å²) in [4.78, 5) is 0. The number of aliphatic hydroxyl groups is 1. The minimum absolute atomic E-state index is 0. The van der Waals surface area contributed by atoms with Gasteiger partial charge in [0.1, 0.15) is 0 Å². The van der Waals surface area contributed by atoms with Crippen molar-refractivity contribution in [3.05, 3.63) is 0 Å². The van der Waals surface area contributed by atoms with Crippen molar-refractivity contribution < 1.29 is 22.6 Å². The van der Waals surface area contributed by atoms with Crippen LogP contribution in [0, 0.1) is 0 Å². The van der Waals surface area contributed by atoms with Crippen LogP contribution in [0.1, 0.15) is 6.92 Å². The Balaban J connectivity index is -0.000000107. The Morgan fingerprint density at radius 2 is 1.55 bits per heavy atom. The Hall–Kier alpha value is 1.12. The molecule has 0 radical (unpaired) electrons. The summed E-state index contributed by atoms with van der Waals surface area (Å²) in [6.45, 7) is 1.65. The Morgan fingerprint density at radius 3 is 1.55 bits per heavy atom. The predicted molar refractivity (Wildman–Crippen MR) is 43.7 cm³/mol. The number of hydrogen-bond donors (Lipinski definition) is 3. The molecule has 5 nitrogen and oxygen atoms in total. The van der Waals surface area contributed by atoms with Crippen molar-refractivity contribution in [3.63, 3.8) is 0 Å². The van der Waals surface area contributed by atoms with E-state index in [4.69, 9.17) is 34.2 Å². The van der Waals surface area contributed by atoms with E-state index in [1.165, 1.54) is 0 Å². The van der Waals surface area contributed by atoms with E-state index in [0.717, 1.165) is 0 Å². The average Bonchev–Trinajstić information content (AvgIpc) is 1.61. The van der Waals surface area contributed by atoms with Crippen LogP contribution < -0.4 is 0 Å². The van der Waals surface area contributed by atoms with Gasteiger partial charge in [0.25, 0.3) is 0 Å². The molecule has 0 aromatic rings. The van der Waals surface area contributed by atoms with Crippen LogP contribution in [0.2, 0.25) is 0 Å². The first-order valence-corrected chi connectivity index (χ1v) is 4.14. The molecule has 0 rings (SSSR count). The van der Waals surface area contributed by atoms with Gasteiger partial charge in [-0.1, -0.05) is 0 Å². The number of halogens is 1. The second-order valence-corrected chi connectivity index (χ2v) is 2.66. The van der Waals surface area contributed by atoms with Gasteiger partial charge >= 0.3 is 40.0 Å². The molecule has 0 fully saturated rings. The van der Waals surface area contributed by atoms with Gasteiger partial charge in [-0.3, -0.25) is 9.11 Å². The standard InChI is InChI=1S/C3H7ClO.Na.H2O4S.H/c1-3(5)2-4;;1-5(2,3)4;/h3,5H,2H2,1H3;;(H2,1,2,3,4);. The van der Waals surface area contributed by atoms with Crippen molar-refractivity contribution in [2.24, 2.45) is 0 Å².